The molecule has 0 saturated carbocycles. The number of halogens is 2. The first-order chi connectivity index (χ1) is 6.61. The van der Waals surface area contributed by atoms with E-state index in [2.05, 4.69) is 0 Å². The Bertz CT molecular complexity index is 519. The molecule has 1 aromatic carbocycles. The van der Waals surface area contributed by atoms with Gasteiger partial charge in [-0.05, 0) is 12.1 Å². The quantitative estimate of drug-likeness (QED) is 0.792. The third kappa shape index (κ3) is 1.17. The van der Waals surface area contributed by atoms with Gasteiger partial charge in [-0.3, -0.25) is 0 Å². The van der Waals surface area contributed by atoms with Crippen molar-refractivity contribution in [2.24, 2.45) is 0 Å². The maximum Gasteiger partial charge on any atom is 0.348 e. The molecule has 0 radical (unpaired) electrons. The number of aromatic carboxylic acids is 1. The molecule has 0 bridgehead atoms. The summed E-state index contributed by atoms with van der Waals surface area (Å²) in [6.07, 6.45) is 0. The molecule has 2 aromatic rings. The van der Waals surface area contributed by atoms with Crippen LogP contribution in [-0.4, -0.2) is 11.1 Å². The topological polar surface area (TPSA) is 37.3 Å². The molecule has 0 saturated heterocycles. The summed E-state index contributed by atoms with van der Waals surface area (Å²) in [4.78, 5) is 10.1. The average molecular weight is 214 g/mol. The molecule has 0 fully saturated rings. The zero-order chi connectivity index (χ0) is 10.3. The first kappa shape index (κ1) is 9.08. The maximum absolute atomic E-state index is 13.3. The van der Waals surface area contributed by atoms with E-state index in [-0.39, 0.29) is 5.39 Å². The third-order valence-electron chi connectivity index (χ3n) is 1.80. The number of benzene rings is 1. The summed E-state index contributed by atoms with van der Waals surface area (Å²) in [5.41, 5.74) is 0. The van der Waals surface area contributed by atoms with Gasteiger partial charge < -0.3 is 5.11 Å². The van der Waals surface area contributed by atoms with Crippen molar-refractivity contribution in [3.8, 4) is 0 Å². The highest BCUT2D eigenvalue weighted by molar-refractivity contribution is 7.20. The molecule has 2 rings (SSSR count). The molecule has 0 amide bonds. The maximum atomic E-state index is 13.3. The van der Waals surface area contributed by atoms with Crippen LogP contribution in [0.4, 0.5) is 8.78 Å². The number of carbonyl (C=O) groups is 1. The minimum atomic E-state index is -1.37. The van der Waals surface area contributed by atoms with E-state index in [0.29, 0.717) is 4.70 Å². The Balaban J connectivity index is 2.87. The van der Waals surface area contributed by atoms with Gasteiger partial charge in [0, 0.05) is 4.70 Å². The van der Waals surface area contributed by atoms with Gasteiger partial charge in [-0.2, -0.15) is 0 Å². The van der Waals surface area contributed by atoms with E-state index >= 15 is 0 Å². The largest absolute Gasteiger partial charge is 0.477 e. The Kier molecular flexibility index (Phi) is 1.96. The molecule has 0 aliphatic rings. The summed E-state index contributed by atoms with van der Waals surface area (Å²) in [7, 11) is 0. The summed E-state index contributed by atoms with van der Waals surface area (Å²) in [6.45, 7) is 0. The van der Waals surface area contributed by atoms with Crippen molar-refractivity contribution in [1.82, 2.24) is 0 Å². The zero-order valence-electron chi connectivity index (χ0n) is 6.75. The first-order valence-corrected chi connectivity index (χ1v) is 4.52. The van der Waals surface area contributed by atoms with Gasteiger partial charge in [0.25, 0.3) is 0 Å². The lowest BCUT2D eigenvalue weighted by Crippen LogP contribution is -1.94. The number of hydrogen-bond acceptors (Lipinski definition) is 2. The predicted molar refractivity (Wildman–Crippen MR) is 48.7 cm³/mol. The van der Waals surface area contributed by atoms with E-state index in [1.165, 1.54) is 12.1 Å². The van der Waals surface area contributed by atoms with Gasteiger partial charge in [0.1, 0.15) is 10.7 Å². The smallest absolute Gasteiger partial charge is 0.348 e. The van der Waals surface area contributed by atoms with Gasteiger partial charge in [-0.1, -0.05) is 6.07 Å². The van der Waals surface area contributed by atoms with Crippen LogP contribution in [0.5, 0.6) is 0 Å². The molecule has 72 valence electrons. The van der Waals surface area contributed by atoms with E-state index in [9.17, 15) is 13.6 Å². The summed E-state index contributed by atoms with van der Waals surface area (Å²) >= 11 is 0.732. The second kappa shape index (κ2) is 3.02. The van der Waals surface area contributed by atoms with Gasteiger partial charge in [-0.25, -0.2) is 13.6 Å². The Morgan fingerprint density at radius 3 is 2.64 bits per heavy atom. The van der Waals surface area contributed by atoms with Gasteiger partial charge in [0.15, 0.2) is 5.82 Å². The monoisotopic (exact) mass is 214 g/mol. The van der Waals surface area contributed by atoms with Gasteiger partial charge in [0.05, 0.1) is 5.39 Å². The van der Waals surface area contributed by atoms with Crippen LogP contribution in [0.3, 0.4) is 0 Å². The van der Waals surface area contributed by atoms with Crippen LogP contribution in [0.15, 0.2) is 18.2 Å². The second-order valence-corrected chi connectivity index (χ2v) is 3.72. The molecule has 2 nitrogen and oxygen atoms in total. The lowest BCUT2D eigenvalue weighted by molar-refractivity contribution is 0.0698. The standard InChI is InChI=1S/C9H4F2O2S/c10-4-2-1-3-5-6(4)7(11)8(14-5)9(12)13/h1-3H,(H,12,13). The Morgan fingerprint density at radius 1 is 1.36 bits per heavy atom. The van der Waals surface area contributed by atoms with Crippen LogP contribution in [0.25, 0.3) is 10.1 Å². The summed E-state index contributed by atoms with van der Waals surface area (Å²) in [5, 5.41) is 8.36. The molecule has 0 aliphatic heterocycles. The van der Waals surface area contributed by atoms with Crippen molar-refractivity contribution in [3.05, 3.63) is 34.7 Å². The Labute approximate surface area is 81.4 Å². The molecule has 0 atom stereocenters. The van der Waals surface area contributed by atoms with Gasteiger partial charge in [0.2, 0.25) is 0 Å². The first-order valence-electron chi connectivity index (χ1n) is 3.71. The number of thiophene rings is 1. The van der Waals surface area contributed by atoms with E-state index in [1.54, 1.807) is 0 Å². The predicted octanol–water partition coefficient (Wildman–Crippen LogP) is 2.88. The molecule has 1 N–H and O–H groups in total. The minimum absolute atomic E-state index is 0.241. The fraction of sp³-hybridized carbons (Fsp3) is 0. The second-order valence-electron chi connectivity index (χ2n) is 2.66. The van der Waals surface area contributed by atoms with Crippen LogP contribution < -0.4 is 0 Å². The summed E-state index contributed by atoms with van der Waals surface area (Å²) in [6, 6.07) is 4.00. The van der Waals surface area contributed by atoms with E-state index in [0.717, 1.165) is 17.4 Å². The molecule has 0 aliphatic carbocycles. The van der Waals surface area contributed by atoms with Crippen molar-refractivity contribution in [3.63, 3.8) is 0 Å². The number of hydrogen-bond donors (Lipinski definition) is 1. The highest BCUT2D eigenvalue weighted by Crippen LogP contribution is 2.31. The number of carboxylic acid groups (broad SMARTS) is 1. The fourth-order valence-corrected chi connectivity index (χ4v) is 2.14. The van der Waals surface area contributed by atoms with Crippen molar-refractivity contribution < 1.29 is 18.7 Å². The highest BCUT2D eigenvalue weighted by atomic mass is 32.1. The normalized spacial score (nSPS) is 10.7. The lowest BCUT2D eigenvalue weighted by atomic mass is 10.2. The van der Waals surface area contributed by atoms with E-state index < -0.39 is 22.5 Å². The zero-order valence-corrected chi connectivity index (χ0v) is 7.57. The molecular weight excluding hydrogens is 210 g/mol. The molecular formula is C9H4F2O2S. The molecule has 5 heteroatoms. The highest BCUT2D eigenvalue weighted by Gasteiger charge is 2.19. The van der Waals surface area contributed by atoms with E-state index in [4.69, 9.17) is 5.11 Å². The van der Waals surface area contributed by atoms with Crippen LogP contribution in [0, 0.1) is 11.6 Å². The van der Waals surface area contributed by atoms with E-state index in [1.807, 2.05) is 0 Å². The molecule has 14 heavy (non-hydrogen) atoms. The average Bonchev–Trinajstić information content (AvgIpc) is 2.45. The van der Waals surface area contributed by atoms with Crippen LogP contribution in [0.2, 0.25) is 0 Å². The Morgan fingerprint density at radius 2 is 2.07 bits per heavy atom. The number of carboxylic acids is 1. The molecule has 1 aromatic heterocycles. The third-order valence-corrected chi connectivity index (χ3v) is 2.92. The van der Waals surface area contributed by atoms with Crippen LogP contribution in [0.1, 0.15) is 9.67 Å². The molecule has 0 spiro atoms. The number of fused-ring (bicyclic) bond motifs is 1. The minimum Gasteiger partial charge on any atom is -0.477 e. The van der Waals surface area contributed by atoms with Crippen molar-refractivity contribution in [1.29, 1.82) is 0 Å². The lowest BCUT2D eigenvalue weighted by Gasteiger charge is -1.90. The van der Waals surface area contributed by atoms with Gasteiger partial charge in [-0.15, -0.1) is 11.3 Å². The fourth-order valence-electron chi connectivity index (χ4n) is 1.21. The molecule has 0 unspecified atom stereocenters. The SMILES string of the molecule is O=C(O)c1sc2cccc(F)c2c1F. The van der Waals surface area contributed by atoms with Crippen LogP contribution in [-0.2, 0) is 0 Å². The summed E-state index contributed by atoms with van der Waals surface area (Å²) in [5.74, 6) is -3.09. The van der Waals surface area contributed by atoms with Crippen molar-refractivity contribution >= 4 is 27.4 Å². The van der Waals surface area contributed by atoms with Crippen molar-refractivity contribution in [2.75, 3.05) is 0 Å². The Hall–Kier alpha value is -1.49. The molecule has 1 heterocycles. The van der Waals surface area contributed by atoms with Crippen LogP contribution >= 0.6 is 11.3 Å². The number of rotatable bonds is 1. The van der Waals surface area contributed by atoms with Gasteiger partial charge >= 0.3 is 5.97 Å². The summed E-state index contributed by atoms with van der Waals surface area (Å²) < 4.78 is 26.7. The van der Waals surface area contributed by atoms with Crippen molar-refractivity contribution in [2.45, 2.75) is 0 Å².